The van der Waals surface area contributed by atoms with Gasteiger partial charge >= 0.3 is 0 Å². The number of aromatic amines is 1. The highest BCUT2D eigenvalue weighted by molar-refractivity contribution is 7.98. The average Bonchev–Trinajstić information content (AvgIpc) is 3.02. The predicted molar refractivity (Wildman–Crippen MR) is 106 cm³/mol. The molecule has 1 atom stereocenters. The summed E-state index contributed by atoms with van der Waals surface area (Å²) in [6.07, 6.45) is 2.80. The third kappa shape index (κ3) is 4.29. The molecule has 3 rings (SSSR count). The smallest absolute Gasteiger partial charge is 0.253 e. The lowest BCUT2D eigenvalue weighted by Crippen LogP contribution is -2.30. The Bertz CT molecular complexity index is 864. The summed E-state index contributed by atoms with van der Waals surface area (Å²) in [5.41, 5.74) is 2.23. The molecule has 4 nitrogen and oxygen atoms in total. The minimum atomic E-state index is -0.242. The highest BCUT2D eigenvalue weighted by atomic mass is 35.5. The van der Waals surface area contributed by atoms with Gasteiger partial charge in [-0.25, -0.2) is 4.98 Å². The van der Waals surface area contributed by atoms with E-state index >= 15 is 0 Å². The maximum atomic E-state index is 12.7. The number of hydrogen-bond donors (Lipinski definition) is 2. The zero-order valence-corrected chi connectivity index (χ0v) is 15.9. The van der Waals surface area contributed by atoms with Crippen molar-refractivity contribution in [2.24, 2.45) is 0 Å². The van der Waals surface area contributed by atoms with Crippen LogP contribution in [0.15, 0.2) is 42.5 Å². The molecule has 0 aliphatic heterocycles. The first-order valence-electron chi connectivity index (χ1n) is 7.78. The van der Waals surface area contributed by atoms with E-state index in [9.17, 15) is 4.79 Å². The summed E-state index contributed by atoms with van der Waals surface area (Å²) >= 11 is 13.8. The van der Waals surface area contributed by atoms with Crippen LogP contribution in [-0.2, 0) is 0 Å². The van der Waals surface area contributed by atoms with Crippen LogP contribution in [0.4, 0.5) is 0 Å². The summed E-state index contributed by atoms with van der Waals surface area (Å²) in [7, 11) is 0. The largest absolute Gasteiger partial charge is 0.342 e. The number of nitrogens with one attached hydrogen (secondary N) is 2. The Balaban J connectivity index is 1.86. The number of rotatable bonds is 6. The molecule has 7 heteroatoms. The van der Waals surface area contributed by atoms with E-state index in [4.69, 9.17) is 23.2 Å². The highest BCUT2D eigenvalue weighted by Crippen LogP contribution is 2.24. The van der Waals surface area contributed by atoms with E-state index in [-0.39, 0.29) is 11.9 Å². The molecule has 0 fully saturated rings. The molecule has 0 radical (unpaired) electrons. The van der Waals surface area contributed by atoms with Gasteiger partial charge in [0.05, 0.1) is 27.7 Å². The number of benzene rings is 2. The van der Waals surface area contributed by atoms with Gasteiger partial charge in [-0.15, -0.1) is 0 Å². The lowest BCUT2D eigenvalue weighted by molar-refractivity contribution is 0.0934. The van der Waals surface area contributed by atoms with Crippen molar-refractivity contribution in [1.29, 1.82) is 0 Å². The fraction of sp³-hybridized carbons (Fsp3) is 0.222. The number of aromatic nitrogens is 2. The van der Waals surface area contributed by atoms with Gasteiger partial charge in [0.15, 0.2) is 0 Å². The molecule has 0 bridgehead atoms. The highest BCUT2D eigenvalue weighted by Gasteiger charge is 2.20. The third-order valence-electron chi connectivity index (χ3n) is 3.83. The molecule has 0 aliphatic carbocycles. The van der Waals surface area contributed by atoms with Crippen LogP contribution >= 0.6 is 35.0 Å². The molecule has 1 amide bonds. The number of para-hydroxylation sites is 2. The van der Waals surface area contributed by atoms with Gasteiger partial charge < -0.3 is 10.3 Å². The van der Waals surface area contributed by atoms with Crippen LogP contribution in [0.3, 0.4) is 0 Å². The summed E-state index contributed by atoms with van der Waals surface area (Å²) in [6, 6.07) is 12.4. The number of H-pyrrole nitrogens is 1. The normalized spacial score (nSPS) is 12.3. The first-order chi connectivity index (χ1) is 12.1. The second kappa shape index (κ2) is 8.13. The fourth-order valence-corrected chi connectivity index (χ4v) is 3.53. The van der Waals surface area contributed by atoms with Gasteiger partial charge in [0, 0.05) is 5.02 Å². The first kappa shape index (κ1) is 18.1. The van der Waals surface area contributed by atoms with E-state index in [0.717, 1.165) is 29.0 Å². The van der Waals surface area contributed by atoms with Gasteiger partial charge in [0.1, 0.15) is 5.82 Å². The first-order valence-corrected chi connectivity index (χ1v) is 9.93. The lowest BCUT2D eigenvalue weighted by Gasteiger charge is -2.17. The fourth-order valence-electron chi connectivity index (χ4n) is 2.56. The Labute approximate surface area is 160 Å². The minimum Gasteiger partial charge on any atom is -0.342 e. The van der Waals surface area contributed by atoms with E-state index in [1.54, 1.807) is 30.0 Å². The van der Waals surface area contributed by atoms with Crippen LogP contribution in [0.25, 0.3) is 11.0 Å². The molecular weight excluding hydrogens is 377 g/mol. The number of fused-ring (bicyclic) bond motifs is 1. The number of amides is 1. The number of hydrogen-bond acceptors (Lipinski definition) is 3. The number of imidazole rings is 1. The van der Waals surface area contributed by atoms with Gasteiger partial charge in [-0.2, -0.15) is 11.8 Å². The summed E-state index contributed by atoms with van der Waals surface area (Å²) in [4.78, 5) is 20.6. The average molecular weight is 394 g/mol. The van der Waals surface area contributed by atoms with Crippen LogP contribution < -0.4 is 5.32 Å². The number of thioether (sulfide) groups is 1. The van der Waals surface area contributed by atoms with Crippen molar-refractivity contribution in [1.82, 2.24) is 15.3 Å². The van der Waals surface area contributed by atoms with Crippen molar-refractivity contribution in [2.45, 2.75) is 12.5 Å². The SMILES string of the molecule is CSCC[C@@H](NC(=O)c1ccc(Cl)cc1Cl)c1nc2ccccc2[nH]1. The second-order valence-electron chi connectivity index (χ2n) is 5.57. The second-order valence-corrected chi connectivity index (χ2v) is 7.40. The lowest BCUT2D eigenvalue weighted by atomic mass is 10.1. The predicted octanol–water partition coefficient (Wildman–Crippen LogP) is 5.09. The maximum absolute atomic E-state index is 12.7. The van der Waals surface area contributed by atoms with Crippen LogP contribution in [0.2, 0.25) is 10.0 Å². The summed E-state index contributed by atoms with van der Waals surface area (Å²) in [5, 5.41) is 3.86. The van der Waals surface area contributed by atoms with E-state index in [0.29, 0.717) is 15.6 Å². The zero-order chi connectivity index (χ0) is 17.8. The number of carbonyl (C=O) groups is 1. The van der Waals surface area contributed by atoms with Crippen LogP contribution in [0.5, 0.6) is 0 Å². The van der Waals surface area contributed by atoms with Gasteiger partial charge in [0.2, 0.25) is 0 Å². The van der Waals surface area contributed by atoms with Gasteiger partial charge in [-0.05, 0) is 48.8 Å². The van der Waals surface area contributed by atoms with Crippen molar-refractivity contribution < 1.29 is 4.79 Å². The Morgan fingerprint density at radius 1 is 1.28 bits per heavy atom. The summed E-state index contributed by atoms with van der Waals surface area (Å²) in [5.74, 6) is 1.40. The molecule has 0 saturated heterocycles. The molecule has 2 N–H and O–H groups in total. The quantitative estimate of drug-likeness (QED) is 0.612. The molecular formula is C18H17Cl2N3OS. The Morgan fingerprint density at radius 3 is 2.80 bits per heavy atom. The van der Waals surface area contributed by atoms with E-state index in [1.165, 1.54) is 0 Å². The van der Waals surface area contributed by atoms with Gasteiger partial charge in [-0.1, -0.05) is 35.3 Å². The van der Waals surface area contributed by atoms with Crippen LogP contribution in [0.1, 0.15) is 28.6 Å². The number of halogens is 2. The molecule has 25 heavy (non-hydrogen) atoms. The molecule has 0 aliphatic rings. The molecule has 3 aromatic rings. The van der Waals surface area contributed by atoms with Crippen molar-refractivity contribution in [3.63, 3.8) is 0 Å². The van der Waals surface area contributed by atoms with E-state index < -0.39 is 0 Å². The number of nitrogens with zero attached hydrogens (tertiary/aromatic N) is 1. The monoisotopic (exact) mass is 393 g/mol. The van der Waals surface area contributed by atoms with Crippen LogP contribution in [0, 0.1) is 0 Å². The van der Waals surface area contributed by atoms with Gasteiger partial charge in [0.25, 0.3) is 5.91 Å². The topological polar surface area (TPSA) is 57.8 Å². The molecule has 1 heterocycles. The van der Waals surface area contributed by atoms with Crippen molar-refractivity contribution in [3.05, 3.63) is 63.9 Å². The minimum absolute atomic E-state index is 0.223. The summed E-state index contributed by atoms with van der Waals surface area (Å²) < 4.78 is 0. The third-order valence-corrected chi connectivity index (χ3v) is 5.02. The Hall–Kier alpha value is -1.69. The Kier molecular flexibility index (Phi) is 5.89. The zero-order valence-electron chi connectivity index (χ0n) is 13.6. The van der Waals surface area contributed by atoms with E-state index in [2.05, 4.69) is 15.3 Å². The number of carbonyl (C=O) groups excluding carboxylic acids is 1. The van der Waals surface area contributed by atoms with Crippen LogP contribution in [-0.4, -0.2) is 27.9 Å². The molecule has 2 aromatic carbocycles. The molecule has 0 spiro atoms. The van der Waals surface area contributed by atoms with Crippen molar-refractivity contribution >= 4 is 51.9 Å². The van der Waals surface area contributed by atoms with E-state index in [1.807, 2.05) is 30.5 Å². The van der Waals surface area contributed by atoms with Gasteiger partial charge in [-0.3, -0.25) is 4.79 Å². The molecule has 0 saturated carbocycles. The summed E-state index contributed by atoms with van der Waals surface area (Å²) in [6.45, 7) is 0. The van der Waals surface area contributed by atoms with Crippen molar-refractivity contribution in [2.75, 3.05) is 12.0 Å². The Morgan fingerprint density at radius 2 is 2.08 bits per heavy atom. The standard InChI is InChI=1S/C18H17Cl2N3OS/c1-25-9-8-16(17-21-14-4-2-3-5-15(14)22-17)23-18(24)12-7-6-11(19)10-13(12)20/h2-7,10,16H,8-9H2,1H3,(H,21,22)(H,23,24)/t16-/m1/s1. The van der Waals surface area contributed by atoms with Crippen molar-refractivity contribution in [3.8, 4) is 0 Å². The molecule has 130 valence electrons. The molecule has 1 aromatic heterocycles. The molecule has 0 unspecified atom stereocenters. The maximum Gasteiger partial charge on any atom is 0.253 e.